The van der Waals surface area contributed by atoms with E-state index in [1.165, 1.54) is 11.3 Å². The Kier molecular flexibility index (Phi) is 5.88. The second kappa shape index (κ2) is 9.64. The summed E-state index contributed by atoms with van der Waals surface area (Å²) in [6.07, 6.45) is 0. The van der Waals surface area contributed by atoms with Crippen molar-refractivity contribution in [2.24, 2.45) is 0 Å². The Morgan fingerprint density at radius 3 is 2.19 bits per heavy atom. The molecule has 0 aliphatic heterocycles. The summed E-state index contributed by atoms with van der Waals surface area (Å²) in [7, 11) is 0. The summed E-state index contributed by atoms with van der Waals surface area (Å²) in [4.78, 5) is 31.1. The summed E-state index contributed by atoms with van der Waals surface area (Å²) >= 11 is 1.31. The van der Waals surface area contributed by atoms with Crippen LogP contribution in [-0.4, -0.2) is 21.1 Å². The van der Waals surface area contributed by atoms with Gasteiger partial charge in [-0.3, -0.25) is 14.9 Å². The molecule has 178 valence electrons. The number of carbonyl (C=O) groups excluding carboxylic acids is 1. The van der Waals surface area contributed by atoms with Crippen LogP contribution in [0.2, 0.25) is 0 Å². The van der Waals surface area contributed by atoms with E-state index in [1.807, 2.05) is 84.2 Å². The smallest absolute Gasteiger partial charge is 0.277 e. The molecule has 0 atom stereocenters. The third-order valence-corrected chi connectivity index (χ3v) is 6.85. The highest BCUT2D eigenvalue weighted by Gasteiger charge is 2.23. The molecule has 0 fully saturated rings. The predicted octanol–water partition coefficient (Wildman–Crippen LogP) is 6.63. The molecule has 0 aliphatic rings. The van der Waals surface area contributed by atoms with Crippen LogP contribution >= 0.6 is 11.3 Å². The third kappa shape index (κ3) is 4.44. The molecule has 2 aromatic heterocycles. The molecule has 1 amide bonds. The molecule has 0 bridgehead atoms. The first-order valence-electron chi connectivity index (χ1n) is 11.7. The average molecular weight is 501 g/mol. The van der Waals surface area contributed by atoms with Gasteiger partial charge in [-0.2, -0.15) is 5.10 Å². The standard InChI is InChI=1S/C30H20N4O2S/c35-28(32-30-31-24(18-37-30)23-16-15-19-9-7-8-14-22(19)17-23)26-25(20-10-3-1-4-11-20)27(33-34-29(26)36)21-12-5-2-6-13-21/h1-18H,(H,34,36)(H,31,32,35). The number of amides is 1. The Labute approximate surface area is 216 Å². The number of thiazole rings is 1. The van der Waals surface area contributed by atoms with Gasteiger partial charge in [0.25, 0.3) is 11.5 Å². The minimum absolute atomic E-state index is 0.0116. The van der Waals surface area contributed by atoms with E-state index in [1.54, 1.807) is 0 Å². The van der Waals surface area contributed by atoms with E-state index in [4.69, 9.17) is 0 Å². The van der Waals surface area contributed by atoms with Crippen molar-refractivity contribution < 1.29 is 4.79 Å². The maximum Gasteiger partial charge on any atom is 0.277 e. The Balaban J connectivity index is 1.39. The van der Waals surface area contributed by atoms with Crippen LogP contribution in [0.1, 0.15) is 10.4 Å². The normalized spacial score (nSPS) is 10.9. The second-order valence-corrected chi connectivity index (χ2v) is 9.30. The Bertz CT molecular complexity index is 1790. The first kappa shape index (κ1) is 22.6. The number of nitrogens with one attached hydrogen (secondary N) is 2. The van der Waals surface area contributed by atoms with Gasteiger partial charge < -0.3 is 0 Å². The largest absolute Gasteiger partial charge is 0.298 e. The summed E-state index contributed by atoms with van der Waals surface area (Å²) in [5.41, 5.74) is 3.63. The minimum atomic E-state index is -0.567. The molecule has 0 radical (unpaired) electrons. The molecule has 0 unspecified atom stereocenters. The lowest BCUT2D eigenvalue weighted by Crippen LogP contribution is -2.26. The number of rotatable bonds is 5. The molecule has 2 N–H and O–H groups in total. The molecule has 4 aromatic carbocycles. The number of carbonyl (C=O) groups is 1. The quantitative estimate of drug-likeness (QED) is 0.278. The third-order valence-electron chi connectivity index (χ3n) is 6.09. The van der Waals surface area contributed by atoms with Crippen LogP contribution in [0.4, 0.5) is 5.13 Å². The number of benzene rings is 4. The molecule has 0 saturated heterocycles. The highest BCUT2D eigenvalue weighted by molar-refractivity contribution is 7.14. The summed E-state index contributed by atoms with van der Waals surface area (Å²) in [6, 6.07) is 33.1. The van der Waals surface area contributed by atoms with E-state index < -0.39 is 11.5 Å². The first-order chi connectivity index (χ1) is 18.2. The number of hydrogen-bond donors (Lipinski definition) is 2. The molecule has 6 aromatic rings. The molecule has 6 nitrogen and oxygen atoms in total. The van der Waals surface area contributed by atoms with E-state index in [0.717, 1.165) is 33.2 Å². The van der Waals surface area contributed by atoms with Crippen LogP contribution in [-0.2, 0) is 0 Å². The summed E-state index contributed by atoms with van der Waals surface area (Å²) in [5.74, 6) is -0.543. The molecule has 0 aliphatic carbocycles. The van der Waals surface area contributed by atoms with Gasteiger partial charge in [-0.25, -0.2) is 10.1 Å². The zero-order chi connectivity index (χ0) is 25.2. The van der Waals surface area contributed by atoms with Crippen molar-refractivity contribution >= 4 is 33.1 Å². The summed E-state index contributed by atoms with van der Waals surface area (Å²) in [5, 5.41) is 14.2. The molecule has 2 heterocycles. The zero-order valence-corrected chi connectivity index (χ0v) is 20.3. The van der Waals surface area contributed by atoms with E-state index >= 15 is 0 Å². The molecular formula is C30H20N4O2S. The van der Waals surface area contributed by atoms with Gasteiger partial charge in [-0.15, -0.1) is 11.3 Å². The van der Waals surface area contributed by atoms with Gasteiger partial charge in [-0.05, 0) is 22.4 Å². The molecule has 6 rings (SSSR count). The van der Waals surface area contributed by atoms with Gasteiger partial charge in [-0.1, -0.05) is 97.1 Å². The van der Waals surface area contributed by atoms with Crippen LogP contribution in [0, 0.1) is 0 Å². The fourth-order valence-electron chi connectivity index (χ4n) is 4.33. The fourth-order valence-corrected chi connectivity index (χ4v) is 5.04. The van der Waals surface area contributed by atoms with Crippen molar-refractivity contribution in [2.45, 2.75) is 0 Å². The van der Waals surface area contributed by atoms with Crippen molar-refractivity contribution in [1.29, 1.82) is 0 Å². The van der Waals surface area contributed by atoms with Crippen LogP contribution in [0.3, 0.4) is 0 Å². The first-order valence-corrected chi connectivity index (χ1v) is 12.5. The maximum atomic E-state index is 13.5. The summed E-state index contributed by atoms with van der Waals surface area (Å²) in [6.45, 7) is 0. The minimum Gasteiger partial charge on any atom is -0.298 e. The fraction of sp³-hybridized carbons (Fsp3) is 0. The zero-order valence-electron chi connectivity index (χ0n) is 19.5. The van der Waals surface area contributed by atoms with Crippen LogP contribution in [0.25, 0.3) is 44.4 Å². The Morgan fingerprint density at radius 1 is 0.757 bits per heavy atom. The molecule has 0 spiro atoms. The van der Waals surface area contributed by atoms with Gasteiger partial charge >= 0.3 is 0 Å². The number of nitrogens with zero attached hydrogens (tertiary/aromatic N) is 2. The van der Waals surface area contributed by atoms with Crippen molar-refractivity contribution in [3.05, 3.63) is 124 Å². The summed E-state index contributed by atoms with van der Waals surface area (Å²) < 4.78 is 0. The topological polar surface area (TPSA) is 87.7 Å². The molecule has 7 heteroatoms. The van der Waals surface area contributed by atoms with E-state index in [-0.39, 0.29) is 5.56 Å². The number of aromatic nitrogens is 3. The lowest BCUT2D eigenvalue weighted by molar-refractivity contribution is 0.102. The number of anilines is 1. The number of fused-ring (bicyclic) bond motifs is 1. The van der Waals surface area contributed by atoms with Crippen molar-refractivity contribution in [2.75, 3.05) is 5.32 Å². The van der Waals surface area contributed by atoms with E-state index in [2.05, 4.69) is 44.8 Å². The van der Waals surface area contributed by atoms with Gasteiger partial charge in [0.05, 0.1) is 11.4 Å². The van der Waals surface area contributed by atoms with Crippen LogP contribution < -0.4 is 10.9 Å². The average Bonchev–Trinajstić information content (AvgIpc) is 3.42. The lowest BCUT2D eigenvalue weighted by atomic mass is 9.95. The Hall–Kier alpha value is -4.88. The monoisotopic (exact) mass is 500 g/mol. The number of hydrogen-bond acceptors (Lipinski definition) is 5. The predicted molar refractivity (Wildman–Crippen MR) is 149 cm³/mol. The second-order valence-electron chi connectivity index (χ2n) is 8.44. The van der Waals surface area contributed by atoms with Crippen LogP contribution in [0.5, 0.6) is 0 Å². The molecule has 37 heavy (non-hydrogen) atoms. The van der Waals surface area contributed by atoms with E-state index in [9.17, 15) is 9.59 Å². The molecular weight excluding hydrogens is 480 g/mol. The van der Waals surface area contributed by atoms with Gasteiger partial charge in [0.15, 0.2) is 5.13 Å². The van der Waals surface area contributed by atoms with Gasteiger partial charge in [0.2, 0.25) is 0 Å². The highest BCUT2D eigenvalue weighted by atomic mass is 32.1. The number of H-pyrrole nitrogens is 1. The SMILES string of the molecule is O=C(Nc1nc(-c2ccc3ccccc3c2)cs1)c1c(-c2ccccc2)c(-c2ccccc2)n[nH]c1=O. The molecule has 0 saturated carbocycles. The van der Waals surface area contributed by atoms with Gasteiger partial charge in [0, 0.05) is 22.1 Å². The maximum absolute atomic E-state index is 13.5. The van der Waals surface area contributed by atoms with Crippen molar-refractivity contribution in [3.8, 4) is 33.6 Å². The highest BCUT2D eigenvalue weighted by Crippen LogP contribution is 2.33. The van der Waals surface area contributed by atoms with Crippen molar-refractivity contribution in [1.82, 2.24) is 15.2 Å². The number of aromatic amines is 1. The van der Waals surface area contributed by atoms with Crippen LogP contribution in [0.15, 0.2) is 113 Å². The van der Waals surface area contributed by atoms with Crippen molar-refractivity contribution in [3.63, 3.8) is 0 Å². The van der Waals surface area contributed by atoms with E-state index in [0.29, 0.717) is 16.4 Å². The lowest BCUT2D eigenvalue weighted by Gasteiger charge is -2.13. The Morgan fingerprint density at radius 2 is 1.43 bits per heavy atom. The van der Waals surface area contributed by atoms with Gasteiger partial charge in [0.1, 0.15) is 5.56 Å².